The Kier molecular flexibility index (Phi) is 7.95. The summed E-state index contributed by atoms with van der Waals surface area (Å²) in [5, 5.41) is 7.77. The van der Waals surface area contributed by atoms with Crippen LogP contribution in [0, 0.1) is 18.2 Å². The van der Waals surface area contributed by atoms with Gasteiger partial charge in [0.05, 0.1) is 27.1 Å². The van der Waals surface area contributed by atoms with Gasteiger partial charge in [0.25, 0.3) is 5.91 Å². The lowest BCUT2D eigenvalue weighted by Crippen LogP contribution is -2.38. The summed E-state index contributed by atoms with van der Waals surface area (Å²) in [6, 6.07) is 14.1. The average molecular weight is 518 g/mol. The third-order valence-electron chi connectivity index (χ3n) is 6.75. The zero-order chi connectivity index (χ0) is 27.4. The van der Waals surface area contributed by atoms with E-state index in [0.717, 1.165) is 39.7 Å². The van der Waals surface area contributed by atoms with Crippen LogP contribution in [0.1, 0.15) is 32.6 Å². The summed E-state index contributed by atoms with van der Waals surface area (Å²) in [4.78, 5) is 21.1. The SMILES string of the molecule is CN=C(N)N(C=N)Cc1cc2c(c(-c3ccc(F)cc3C)c1)CCN(Cc1cc(OC)cc(OC)c1)C2=O. The summed E-state index contributed by atoms with van der Waals surface area (Å²) >= 11 is 0. The first-order valence-corrected chi connectivity index (χ1v) is 12.2. The first-order valence-electron chi connectivity index (χ1n) is 12.2. The molecule has 0 bridgehead atoms. The molecule has 0 spiro atoms. The lowest BCUT2D eigenvalue weighted by Gasteiger charge is -2.31. The molecular weight excluding hydrogens is 485 g/mol. The Morgan fingerprint density at radius 3 is 2.37 bits per heavy atom. The highest BCUT2D eigenvalue weighted by atomic mass is 19.1. The highest BCUT2D eigenvalue weighted by Crippen LogP contribution is 2.35. The van der Waals surface area contributed by atoms with Gasteiger partial charge in [0, 0.05) is 31.8 Å². The molecule has 0 saturated heterocycles. The fourth-order valence-electron chi connectivity index (χ4n) is 4.82. The van der Waals surface area contributed by atoms with E-state index in [0.29, 0.717) is 36.6 Å². The number of fused-ring (bicyclic) bond motifs is 1. The van der Waals surface area contributed by atoms with Crippen LogP contribution >= 0.6 is 0 Å². The van der Waals surface area contributed by atoms with Crippen molar-refractivity contribution in [3.63, 3.8) is 0 Å². The number of hydrogen-bond donors (Lipinski definition) is 2. The summed E-state index contributed by atoms with van der Waals surface area (Å²) in [5.74, 6) is 1.09. The molecule has 3 aromatic carbocycles. The van der Waals surface area contributed by atoms with Crippen molar-refractivity contribution in [3.8, 4) is 22.6 Å². The first-order chi connectivity index (χ1) is 18.3. The number of nitrogens with one attached hydrogen (secondary N) is 1. The summed E-state index contributed by atoms with van der Waals surface area (Å²) in [5.41, 5.74) is 11.7. The molecule has 1 heterocycles. The smallest absolute Gasteiger partial charge is 0.254 e. The number of aryl methyl sites for hydroxylation is 1. The van der Waals surface area contributed by atoms with Gasteiger partial charge in [-0.2, -0.15) is 0 Å². The van der Waals surface area contributed by atoms with Crippen molar-refractivity contribution in [1.29, 1.82) is 5.41 Å². The fraction of sp³-hybridized carbons (Fsp3) is 0.276. The van der Waals surface area contributed by atoms with E-state index in [-0.39, 0.29) is 24.2 Å². The normalized spacial score (nSPS) is 13.2. The molecule has 0 aromatic heterocycles. The van der Waals surface area contributed by atoms with Crippen LogP contribution in [0.5, 0.6) is 11.5 Å². The zero-order valence-corrected chi connectivity index (χ0v) is 22.0. The Hall–Kier alpha value is -4.40. The molecular formula is C29H32FN5O3. The average Bonchev–Trinajstić information content (AvgIpc) is 2.92. The summed E-state index contributed by atoms with van der Waals surface area (Å²) in [6.07, 6.45) is 1.75. The van der Waals surface area contributed by atoms with Crippen LogP contribution < -0.4 is 15.2 Å². The second-order valence-electron chi connectivity index (χ2n) is 9.17. The third-order valence-corrected chi connectivity index (χ3v) is 6.75. The summed E-state index contributed by atoms with van der Waals surface area (Å²) in [7, 11) is 4.74. The molecule has 198 valence electrons. The number of guanidine groups is 1. The van der Waals surface area contributed by atoms with Crippen LogP contribution in [-0.4, -0.2) is 55.8 Å². The van der Waals surface area contributed by atoms with Crippen molar-refractivity contribution >= 4 is 18.2 Å². The van der Waals surface area contributed by atoms with Gasteiger partial charge in [0.1, 0.15) is 17.3 Å². The quantitative estimate of drug-likeness (QED) is 0.341. The van der Waals surface area contributed by atoms with Crippen molar-refractivity contribution in [1.82, 2.24) is 9.80 Å². The van der Waals surface area contributed by atoms with Gasteiger partial charge < -0.3 is 20.1 Å². The van der Waals surface area contributed by atoms with E-state index in [9.17, 15) is 9.18 Å². The number of nitrogens with zero attached hydrogens (tertiary/aromatic N) is 3. The largest absolute Gasteiger partial charge is 0.497 e. The van der Waals surface area contributed by atoms with Crippen LogP contribution in [0.3, 0.4) is 0 Å². The van der Waals surface area contributed by atoms with Gasteiger partial charge in [-0.15, -0.1) is 0 Å². The summed E-state index contributed by atoms with van der Waals surface area (Å²) in [6.45, 7) is 3.03. The molecule has 0 fully saturated rings. The minimum absolute atomic E-state index is 0.102. The lowest BCUT2D eigenvalue weighted by atomic mass is 9.86. The van der Waals surface area contributed by atoms with Gasteiger partial charge in [0.15, 0.2) is 5.96 Å². The molecule has 3 N–H and O–H groups in total. The number of rotatable bonds is 8. The molecule has 1 aliphatic rings. The first kappa shape index (κ1) is 26.7. The van der Waals surface area contributed by atoms with E-state index in [1.165, 1.54) is 17.0 Å². The number of ether oxygens (including phenoxy) is 2. The molecule has 3 aromatic rings. The highest BCUT2D eigenvalue weighted by Gasteiger charge is 2.28. The maximum Gasteiger partial charge on any atom is 0.254 e. The highest BCUT2D eigenvalue weighted by molar-refractivity contribution is 5.99. The molecule has 4 rings (SSSR count). The third kappa shape index (κ3) is 5.46. The molecule has 8 nitrogen and oxygen atoms in total. The van der Waals surface area contributed by atoms with Crippen LogP contribution in [-0.2, 0) is 19.5 Å². The van der Waals surface area contributed by atoms with Gasteiger partial charge >= 0.3 is 0 Å². The van der Waals surface area contributed by atoms with Crippen LogP contribution in [0.15, 0.2) is 53.5 Å². The van der Waals surface area contributed by atoms with E-state index in [1.807, 2.05) is 31.2 Å². The Bertz CT molecular complexity index is 1380. The minimum atomic E-state index is -0.311. The number of aliphatic imine (C=N–C) groups is 1. The lowest BCUT2D eigenvalue weighted by molar-refractivity contribution is 0.0726. The fourth-order valence-corrected chi connectivity index (χ4v) is 4.82. The van der Waals surface area contributed by atoms with Crippen LogP contribution in [0.4, 0.5) is 4.39 Å². The number of halogens is 1. The number of carbonyl (C=O) groups excluding carboxylic acids is 1. The maximum atomic E-state index is 13.9. The Labute approximate surface area is 222 Å². The van der Waals surface area contributed by atoms with Gasteiger partial charge in [-0.3, -0.25) is 20.1 Å². The summed E-state index contributed by atoms with van der Waals surface area (Å²) < 4.78 is 24.7. The van der Waals surface area contributed by atoms with Crippen LogP contribution in [0.25, 0.3) is 11.1 Å². The second-order valence-corrected chi connectivity index (χ2v) is 9.17. The van der Waals surface area contributed by atoms with Gasteiger partial charge in [-0.25, -0.2) is 4.39 Å². The maximum absolute atomic E-state index is 13.9. The molecule has 1 amide bonds. The predicted octanol–water partition coefficient (Wildman–Crippen LogP) is 4.37. The van der Waals surface area contributed by atoms with E-state index < -0.39 is 0 Å². The van der Waals surface area contributed by atoms with Gasteiger partial charge in [-0.05, 0) is 83.1 Å². The number of methoxy groups -OCH3 is 2. The molecule has 0 saturated carbocycles. The molecule has 0 atom stereocenters. The minimum Gasteiger partial charge on any atom is -0.497 e. The number of benzene rings is 3. The number of nitrogens with two attached hydrogens (primary N) is 1. The van der Waals surface area contributed by atoms with Crippen molar-refractivity contribution in [2.24, 2.45) is 10.7 Å². The monoisotopic (exact) mass is 517 g/mol. The van der Waals surface area contributed by atoms with Gasteiger partial charge in [0.2, 0.25) is 0 Å². The predicted molar refractivity (Wildman–Crippen MR) is 146 cm³/mol. The number of amides is 1. The van der Waals surface area contributed by atoms with Gasteiger partial charge in [-0.1, -0.05) is 6.07 Å². The Morgan fingerprint density at radius 1 is 1.08 bits per heavy atom. The second kappa shape index (κ2) is 11.3. The molecule has 1 aliphatic heterocycles. The van der Waals surface area contributed by atoms with E-state index in [4.69, 9.17) is 20.6 Å². The topological polar surface area (TPSA) is 104 Å². The standard InChI is InChI=1S/C29H32FN5O3/c1-18-9-21(30)5-6-24(18)26-12-20(16-35(17-31)29(32)33-2)13-27-25(26)7-8-34(28(27)36)15-19-10-22(37-3)14-23(11-19)38-4/h5-6,9-14,17,31H,7-8,15-16H2,1-4H3,(H2,32,33). The molecule has 0 unspecified atom stereocenters. The Morgan fingerprint density at radius 2 is 1.76 bits per heavy atom. The van der Waals surface area contributed by atoms with Crippen molar-refractivity contribution < 1.29 is 18.7 Å². The van der Waals surface area contributed by atoms with E-state index in [2.05, 4.69) is 4.99 Å². The van der Waals surface area contributed by atoms with Crippen molar-refractivity contribution in [2.75, 3.05) is 27.8 Å². The molecule has 0 radical (unpaired) electrons. The molecule has 38 heavy (non-hydrogen) atoms. The molecule has 0 aliphatic carbocycles. The number of carbonyl (C=O) groups is 1. The van der Waals surface area contributed by atoms with E-state index >= 15 is 0 Å². The Balaban J connectivity index is 1.77. The number of hydrogen-bond acceptors (Lipinski definition) is 5. The zero-order valence-electron chi connectivity index (χ0n) is 22.0. The van der Waals surface area contributed by atoms with Crippen molar-refractivity contribution in [3.05, 3.63) is 82.2 Å². The van der Waals surface area contributed by atoms with Crippen molar-refractivity contribution in [2.45, 2.75) is 26.4 Å². The van der Waals surface area contributed by atoms with E-state index in [1.54, 1.807) is 38.3 Å². The molecule has 9 heteroatoms. The van der Waals surface area contributed by atoms with Crippen LogP contribution in [0.2, 0.25) is 0 Å².